The van der Waals surface area contributed by atoms with Gasteiger partial charge >= 0.3 is 0 Å². The van der Waals surface area contributed by atoms with Crippen molar-refractivity contribution in [1.82, 2.24) is 9.97 Å². The molecule has 5 heteroatoms. The molecule has 3 heterocycles. The van der Waals surface area contributed by atoms with Crippen molar-refractivity contribution in [2.24, 2.45) is 0 Å². The SMILES string of the molecule is N#Cc1cccnc1NCc1ccc(N2CCCCCC2)nc1. The second kappa shape index (κ2) is 7.59. The number of rotatable bonds is 4. The molecule has 0 amide bonds. The van der Waals surface area contributed by atoms with Gasteiger partial charge in [-0.3, -0.25) is 0 Å². The van der Waals surface area contributed by atoms with E-state index in [1.54, 1.807) is 18.3 Å². The van der Waals surface area contributed by atoms with E-state index < -0.39 is 0 Å². The summed E-state index contributed by atoms with van der Waals surface area (Å²) in [5, 5.41) is 12.3. The summed E-state index contributed by atoms with van der Waals surface area (Å²) in [5.41, 5.74) is 1.64. The summed E-state index contributed by atoms with van der Waals surface area (Å²) >= 11 is 0. The molecule has 2 aromatic rings. The van der Waals surface area contributed by atoms with Crippen molar-refractivity contribution < 1.29 is 0 Å². The average molecular weight is 307 g/mol. The second-order valence-electron chi connectivity index (χ2n) is 5.79. The van der Waals surface area contributed by atoms with E-state index in [1.807, 2.05) is 6.20 Å². The van der Waals surface area contributed by atoms with Gasteiger partial charge in [-0.15, -0.1) is 0 Å². The van der Waals surface area contributed by atoms with Crippen molar-refractivity contribution in [1.29, 1.82) is 5.26 Å². The maximum atomic E-state index is 9.07. The molecule has 0 spiro atoms. The van der Waals surface area contributed by atoms with E-state index in [0.29, 0.717) is 17.9 Å². The minimum Gasteiger partial charge on any atom is -0.365 e. The Hall–Kier alpha value is -2.61. The highest BCUT2D eigenvalue weighted by molar-refractivity contribution is 5.51. The quantitative estimate of drug-likeness (QED) is 0.938. The van der Waals surface area contributed by atoms with E-state index in [9.17, 15) is 0 Å². The van der Waals surface area contributed by atoms with Gasteiger partial charge in [0.2, 0.25) is 0 Å². The van der Waals surface area contributed by atoms with Crippen molar-refractivity contribution >= 4 is 11.6 Å². The number of anilines is 2. The Balaban J connectivity index is 1.62. The van der Waals surface area contributed by atoms with Crippen LogP contribution < -0.4 is 10.2 Å². The van der Waals surface area contributed by atoms with Gasteiger partial charge in [0, 0.05) is 32.0 Å². The molecule has 0 bridgehead atoms. The summed E-state index contributed by atoms with van der Waals surface area (Å²) in [5.74, 6) is 1.68. The Labute approximate surface area is 137 Å². The van der Waals surface area contributed by atoms with E-state index in [0.717, 1.165) is 24.5 Å². The molecule has 23 heavy (non-hydrogen) atoms. The van der Waals surface area contributed by atoms with Crippen LogP contribution in [0.1, 0.15) is 36.8 Å². The van der Waals surface area contributed by atoms with Gasteiger partial charge in [-0.05, 0) is 36.6 Å². The first-order valence-corrected chi connectivity index (χ1v) is 8.16. The summed E-state index contributed by atoms with van der Waals surface area (Å²) in [7, 11) is 0. The number of hydrogen-bond acceptors (Lipinski definition) is 5. The third kappa shape index (κ3) is 3.98. The largest absolute Gasteiger partial charge is 0.365 e. The molecular weight excluding hydrogens is 286 g/mol. The Morgan fingerprint density at radius 3 is 2.61 bits per heavy atom. The number of nitrogens with zero attached hydrogens (tertiary/aromatic N) is 4. The molecule has 0 atom stereocenters. The van der Waals surface area contributed by atoms with Crippen LogP contribution in [0.4, 0.5) is 11.6 Å². The maximum Gasteiger partial charge on any atom is 0.144 e. The third-order valence-electron chi connectivity index (χ3n) is 4.13. The van der Waals surface area contributed by atoms with Crippen LogP contribution in [0.3, 0.4) is 0 Å². The lowest BCUT2D eigenvalue weighted by molar-refractivity contribution is 0.726. The number of pyridine rings is 2. The van der Waals surface area contributed by atoms with Crippen molar-refractivity contribution in [3.8, 4) is 6.07 Å². The highest BCUT2D eigenvalue weighted by Gasteiger charge is 2.10. The molecule has 5 nitrogen and oxygen atoms in total. The minimum absolute atomic E-state index is 0.557. The monoisotopic (exact) mass is 307 g/mol. The smallest absolute Gasteiger partial charge is 0.144 e. The summed E-state index contributed by atoms with van der Waals surface area (Å²) in [6.07, 6.45) is 8.74. The normalized spacial score (nSPS) is 14.8. The molecule has 1 N–H and O–H groups in total. The third-order valence-corrected chi connectivity index (χ3v) is 4.13. The van der Waals surface area contributed by atoms with E-state index >= 15 is 0 Å². The predicted octanol–water partition coefficient (Wildman–Crippen LogP) is 3.34. The van der Waals surface area contributed by atoms with Gasteiger partial charge in [-0.2, -0.15) is 5.26 Å². The van der Waals surface area contributed by atoms with Crippen LogP contribution in [-0.2, 0) is 6.54 Å². The first kappa shape index (κ1) is 15.3. The molecule has 0 aliphatic carbocycles. The van der Waals surface area contributed by atoms with Crippen LogP contribution in [0.2, 0.25) is 0 Å². The Morgan fingerprint density at radius 1 is 1.09 bits per heavy atom. The van der Waals surface area contributed by atoms with Crippen molar-refractivity contribution in [3.05, 3.63) is 47.8 Å². The van der Waals surface area contributed by atoms with Crippen LogP contribution in [0, 0.1) is 11.3 Å². The lowest BCUT2D eigenvalue weighted by atomic mass is 10.2. The Bertz CT molecular complexity index is 667. The Kier molecular flexibility index (Phi) is 5.05. The first-order chi connectivity index (χ1) is 11.4. The molecule has 0 saturated carbocycles. The van der Waals surface area contributed by atoms with E-state index in [2.05, 4.69) is 38.4 Å². The average Bonchev–Trinajstić information content (AvgIpc) is 2.90. The topological polar surface area (TPSA) is 64.8 Å². The van der Waals surface area contributed by atoms with Crippen LogP contribution in [-0.4, -0.2) is 23.1 Å². The fraction of sp³-hybridized carbons (Fsp3) is 0.389. The first-order valence-electron chi connectivity index (χ1n) is 8.16. The van der Waals surface area contributed by atoms with Gasteiger partial charge in [-0.25, -0.2) is 9.97 Å². The van der Waals surface area contributed by atoms with Crippen LogP contribution in [0.5, 0.6) is 0 Å². The molecule has 1 aliphatic heterocycles. The zero-order valence-electron chi connectivity index (χ0n) is 13.2. The fourth-order valence-electron chi connectivity index (χ4n) is 2.83. The highest BCUT2D eigenvalue weighted by Crippen LogP contribution is 2.18. The molecule has 2 aromatic heterocycles. The zero-order chi connectivity index (χ0) is 15.9. The lowest BCUT2D eigenvalue weighted by Crippen LogP contribution is -2.24. The highest BCUT2D eigenvalue weighted by atomic mass is 15.2. The second-order valence-corrected chi connectivity index (χ2v) is 5.79. The Morgan fingerprint density at radius 2 is 1.91 bits per heavy atom. The van der Waals surface area contributed by atoms with Gasteiger partial charge in [0.25, 0.3) is 0 Å². The van der Waals surface area contributed by atoms with Crippen LogP contribution in [0.25, 0.3) is 0 Å². The number of nitrogens with one attached hydrogen (secondary N) is 1. The van der Waals surface area contributed by atoms with Gasteiger partial charge in [0.15, 0.2) is 0 Å². The summed E-state index contributed by atoms with van der Waals surface area (Å²) in [6, 6.07) is 9.85. The van der Waals surface area contributed by atoms with E-state index in [-0.39, 0.29) is 0 Å². The van der Waals surface area contributed by atoms with Gasteiger partial charge < -0.3 is 10.2 Å². The van der Waals surface area contributed by atoms with Crippen molar-refractivity contribution in [2.75, 3.05) is 23.3 Å². The van der Waals surface area contributed by atoms with E-state index in [4.69, 9.17) is 5.26 Å². The van der Waals surface area contributed by atoms with E-state index in [1.165, 1.54) is 25.7 Å². The molecule has 0 aromatic carbocycles. The molecule has 1 aliphatic rings. The fourth-order valence-corrected chi connectivity index (χ4v) is 2.83. The molecule has 0 unspecified atom stereocenters. The number of hydrogen-bond donors (Lipinski definition) is 1. The summed E-state index contributed by atoms with van der Waals surface area (Å²) in [6.45, 7) is 2.81. The van der Waals surface area contributed by atoms with Crippen molar-refractivity contribution in [2.45, 2.75) is 32.2 Å². The van der Waals surface area contributed by atoms with Gasteiger partial charge in [-0.1, -0.05) is 18.9 Å². The van der Waals surface area contributed by atoms with Crippen molar-refractivity contribution in [3.63, 3.8) is 0 Å². The zero-order valence-corrected chi connectivity index (χ0v) is 13.2. The maximum absolute atomic E-state index is 9.07. The van der Waals surface area contributed by atoms with Gasteiger partial charge in [0.05, 0.1) is 5.56 Å². The number of aromatic nitrogens is 2. The molecule has 1 saturated heterocycles. The van der Waals surface area contributed by atoms with Crippen LogP contribution >= 0.6 is 0 Å². The minimum atomic E-state index is 0.557. The summed E-state index contributed by atoms with van der Waals surface area (Å²) in [4.78, 5) is 11.2. The molecule has 0 radical (unpaired) electrons. The molecule has 1 fully saturated rings. The lowest BCUT2D eigenvalue weighted by Gasteiger charge is -2.21. The van der Waals surface area contributed by atoms with Gasteiger partial charge in [0.1, 0.15) is 17.7 Å². The summed E-state index contributed by atoms with van der Waals surface area (Å²) < 4.78 is 0. The standard InChI is InChI=1S/C18H21N5/c19-12-16-6-5-9-20-18(16)22-14-15-7-8-17(21-13-15)23-10-3-1-2-4-11-23/h5-9,13H,1-4,10-11,14H2,(H,20,22). The molecule has 3 rings (SSSR count). The van der Waals surface area contributed by atoms with Crippen LogP contribution in [0.15, 0.2) is 36.7 Å². The number of nitriles is 1. The molecular formula is C18H21N5. The predicted molar refractivity (Wildman–Crippen MR) is 91.2 cm³/mol. The molecule has 118 valence electrons.